The summed E-state index contributed by atoms with van der Waals surface area (Å²) in [6.07, 6.45) is 5.85. The van der Waals surface area contributed by atoms with E-state index >= 15 is 0 Å². The number of pyridine rings is 1. The molecule has 1 aromatic carbocycles. The number of morpholine rings is 1. The molecular weight excluding hydrogens is 406 g/mol. The van der Waals surface area contributed by atoms with Crippen molar-refractivity contribution < 1.29 is 9.53 Å². The van der Waals surface area contributed by atoms with Crippen molar-refractivity contribution in [2.45, 2.75) is 6.42 Å². The number of hydrogen-bond acceptors (Lipinski definition) is 8. The van der Waals surface area contributed by atoms with E-state index < -0.39 is 5.91 Å². The van der Waals surface area contributed by atoms with Crippen molar-refractivity contribution in [3.63, 3.8) is 0 Å². The first-order chi connectivity index (χ1) is 15.7. The largest absolute Gasteiger partial charge is 0.382 e. The van der Waals surface area contributed by atoms with Gasteiger partial charge in [-0.25, -0.2) is 9.97 Å². The summed E-state index contributed by atoms with van der Waals surface area (Å²) in [6, 6.07) is 9.93. The molecule has 1 aliphatic rings. The third-order valence-electron chi connectivity index (χ3n) is 5.33. The van der Waals surface area contributed by atoms with Crippen molar-refractivity contribution in [3.05, 3.63) is 60.2 Å². The van der Waals surface area contributed by atoms with E-state index in [1.165, 1.54) is 5.56 Å². The Hall–Kier alpha value is -3.56. The molecule has 3 heterocycles. The van der Waals surface area contributed by atoms with E-state index in [2.05, 4.69) is 42.6 Å². The van der Waals surface area contributed by atoms with Gasteiger partial charge in [-0.15, -0.1) is 0 Å². The summed E-state index contributed by atoms with van der Waals surface area (Å²) in [5.41, 5.74) is 10.2. The number of carbonyl (C=O) groups is 1. The number of amides is 1. The van der Waals surface area contributed by atoms with Gasteiger partial charge in [0.05, 0.1) is 42.7 Å². The van der Waals surface area contributed by atoms with Crippen LogP contribution in [0.15, 0.2) is 48.9 Å². The van der Waals surface area contributed by atoms with Gasteiger partial charge < -0.3 is 26.0 Å². The Morgan fingerprint density at radius 3 is 2.69 bits per heavy atom. The van der Waals surface area contributed by atoms with Gasteiger partial charge in [-0.3, -0.25) is 9.78 Å². The molecule has 32 heavy (non-hydrogen) atoms. The fraction of sp³-hybridized carbons (Fsp3) is 0.304. The van der Waals surface area contributed by atoms with E-state index in [9.17, 15) is 4.79 Å². The summed E-state index contributed by atoms with van der Waals surface area (Å²) in [5, 5.41) is 6.04. The molecule has 2 aromatic heterocycles. The second-order valence-electron chi connectivity index (χ2n) is 7.49. The van der Waals surface area contributed by atoms with Crippen LogP contribution < -0.4 is 21.3 Å². The Morgan fingerprint density at radius 2 is 1.94 bits per heavy atom. The number of hydrogen-bond donors (Lipinski definition) is 3. The van der Waals surface area contributed by atoms with Crippen LogP contribution in [0, 0.1) is 0 Å². The minimum absolute atomic E-state index is 0.0775. The molecular formula is C23H27N7O2. The van der Waals surface area contributed by atoms with Gasteiger partial charge in [0.1, 0.15) is 0 Å². The Morgan fingerprint density at radius 1 is 1.16 bits per heavy atom. The molecule has 4 rings (SSSR count). The molecule has 0 radical (unpaired) electrons. The maximum absolute atomic E-state index is 13.1. The number of nitrogens with two attached hydrogens (primary N) is 1. The van der Waals surface area contributed by atoms with Gasteiger partial charge in [0.2, 0.25) is 0 Å². The number of carbonyl (C=O) groups excluding carboxylic acids is 1. The highest BCUT2D eigenvalue weighted by Crippen LogP contribution is 2.26. The monoisotopic (exact) mass is 433 g/mol. The average Bonchev–Trinajstić information content (AvgIpc) is 2.84. The molecule has 1 fully saturated rings. The second-order valence-corrected chi connectivity index (χ2v) is 7.49. The van der Waals surface area contributed by atoms with Crippen LogP contribution in [0.1, 0.15) is 16.1 Å². The molecule has 1 aliphatic heterocycles. The standard InChI is InChI=1S/C23H27N7O2/c1-25-8-6-16-2-4-17(5-3-16)18-15-27-22(24)21(28-18)23(31)29-19-14-26-9-7-20(19)30-10-12-32-13-11-30/h2-5,7,9,14-15,25H,6,8,10-13H2,1H3,(H2,24,27)(H,29,31). The van der Waals surface area contributed by atoms with Crippen LogP contribution in [0.4, 0.5) is 17.2 Å². The third kappa shape index (κ3) is 5.01. The maximum Gasteiger partial charge on any atom is 0.278 e. The summed E-state index contributed by atoms with van der Waals surface area (Å²) in [7, 11) is 1.93. The topological polar surface area (TPSA) is 118 Å². The van der Waals surface area contributed by atoms with E-state index in [1.807, 2.05) is 25.2 Å². The lowest BCUT2D eigenvalue weighted by Gasteiger charge is -2.30. The van der Waals surface area contributed by atoms with Crippen LogP contribution in [0.5, 0.6) is 0 Å². The van der Waals surface area contributed by atoms with Crippen LogP contribution in [0.2, 0.25) is 0 Å². The van der Waals surface area contributed by atoms with Crippen molar-refractivity contribution >= 4 is 23.1 Å². The quantitative estimate of drug-likeness (QED) is 0.518. The van der Waals surface area contributed by atoms with Crippen molar-refractivity contribution in [3.8, 4) is 11.3 Å². The summed E-state index contributed by atoms with van der Waals surface area (Å²) in [4.78, 5) is 28.1. The van der Waals surface area contributed by atoms with Gasteiger partial charge in [-0.1, -0.05) is 24.3 Å². The highest BCUT2D eigenvalue weighted by Gasteiger charge is 2.19. The summed E-state index contributed by atoms with van der Waals surface area (Å²) < 4.78 is 5.43. The van der Waals surface area contributed by atoms with Crippen LogP contribution >= 0.6 is 0 Å². The van der Waals surface area contributed by atoms with Crippen molar-refractivity contribution in [1.82, 2.24) is 20.3 Å². The highest BCUT2D eigenvalue weighted by molar-refractivity contribution is 6.07. The number of ether oxygens (including phenoxy) is 1. The highest BCUT2D eigenvalue weighted by atomic mass is 16.5. The number of likely N-dealkylation sites (N-methyl/N-ethyl adjacent to an activating group) is 1. The summed E-state index contributed by atoms with van der Waals surface area (Å²) in [6.45, 7) is 3.68. The first-order valence-electron chi connectivity index (χ1n) is 10.6. The van der Waals surface area contributed by atoms with Crippen molar-refractivity contribution in [2.75, 3.05) is 55.8 Å². The van der Waals surface area contributed by atoms with E-state index in [-0.39, 0.29) is 11.5 Å². The molecule has 0 unspecified atom stereocenters. The van der Waals surface area contributed by atoms with Crippen molar-refractivity contribution in [1.29, 1.82) is 0 Å². The number of rotatable bonds is 7. The molecule has 1 saturated heterocycles. The molecule has 9 nitrogen and oxygen atoms in total. The van der Waals surface area contributed by atoms with Crippen LogP contribution in [-0.2, 0) is 11.2 Å². The van der Waals surface area contributed by atoms with Gasteiger partial charge >= 0.3 is 0 Å². The van der Waals surface area contributed by atoms with E-state index in [4.69, 9.17) is 10.5 Å². The first kappa shape index (κ1) is 21.7. The minimum atomic E-state index is -0.426. The number of nitrogens with one attached hydrogen (secondary N) is 2. The zero-order chi connectivity index (χ0) is 22.3. The van der Waals surface area contributed by atoms with Gasteiger partial charge in [0.25, 0.3) is 5.91 Å². The molecule has 3 aromatic rings. The van der Waals surface area contributed by atoms with Crippen LogP contribution in [-0.4, -0.2) is 60.8 Å². The smallest absolute Gasteiger partial charge is 0.278 e. The lowest BCUT2D eigenvalue weighted by Crippen LogP contribution is -2.36. The molecule has 0 atom stereocenters. The minimum Gasteiger partial charge on any atom is -0.382 e. The van der Waals surface area contributed by atoms with Gasteiger partial charge in [-0.2, -0.15) is 0 Å². The Kier molecular flexibility index (Phi) is 6.88. The molecule has 0 aliphatic carbocycles. The number of nitrogen functional groups attached to an aromatic ring is 1. The predicted octanol–water partition coefficient (Wildman–Crippen LogP) is 1.97. The van der Waals surface area contributed by atoms with E-state index in [1.54, 1.807) is 18.6 Å². The summed E-state index contributed by atoms with van der Waals surface area (Å²) >= 11 is 0. The SMILES string of the molecule is CNCCc1ccc(-c2cnc(N)c(C(=O)Nc3cnccc3N3CCOCC3)n2)cc1. The number of anilines is 3. The molecule has 0 spiro atoms. The molecule has 0 bridgehead atoms. The maximum atomic E-state index is 13.1. The van der Waals surface area contributed by atoms with Crippen LogP contribution in [0.25, 0.3) is 11.3 Å². The average molecular weight is 434 g/mol. The zero-order valence-electron chi connectivity index (χ0n) is 18.0. The van der Waals surface area contributed by atoms with Crippen molar-refractivity contribution in [2.24, 2.45) is 0 Å². The van der Waals surface area contributed by atoms with Gasteiger partial charge in [-0.05, 0) is 31.6 Å². The Bertz CT molecular complexity index is 1070. The fourth-order valence-electron chi connectivity index (χ4n) is 3.56. The van der Waals surface area contributed by atoms with Gasteiger partial charge in [0, 0.05) is 24.8 Å². The molecule has 9 heteroatoms. The molecule has 4 N–H and O–H groups in total. The first-order valence-corrected chi connectivity index (χ1v) is 10.6. The zero-order valence-corrected chi connectivity index (χ0v) is 18.0. The Labute approximate surface area is 187 Å². The lowest BCUT2D eigenvalue weighted by atomic mass is 10.1. The molecule has 166 valence electrons. The second kappa shape index (κ2) is 10.2. The molecule has 1 amide bonds. The molecule has 0 saturated carbocycles. The van der Waals surface area contributed by atoms with Gasteiger partial charge in [0.15, 0.2) is 11.5 Å². The third-order valence-corrected chi connectivity index (χ3v) is 5.33. The number of benzene rings is 1. The normalized spacial score (nSPS) is 13.7. The van der Waals surface area contributed by atoms with Crippen LogP contribution in [0.3, 0.4) is 0 Å². The summed E-state index contributed by atoms with van der Waals surface area (Å²) in [5.74, 6) is -0.348. The number of nitrogens with zero attached hydrogens (tertiary/aromatic N) is 4. The predicted molar refractivity (Wildman–Crippen MR) is 125 cm³/mol. The van der Waals surface area contributed by atoms with E-state index in [0.29, 0.717) is 24.6 Å². The van der Waals surface area contributed by atoms with E-state index in [0.717, 1.165) is 37.3 Å². The fourth-order valence-corrected chi connectivity index (χ4v) is 3.56. The number of aromatic nitrogens is 3. The lowest BCUT2D eigenvalue weighted by molar-refractivity contribution is 0.102. The Balaban J connectivity index is 1.55.